The molecule has 2 N–H and O–H groups in total. The summed E-state index contributed by atoms with van der Waals surface area (Å²) < 4.78 is 13.4. The van der Waals surface area contributed by atoms with Crippen molar-refractivity contribution in [3.63, 3.8) is 0 Å². The van der Waals surface area contributed by atoms with Gasteiger partial charge in [-0.25, -0.2) is 4.39 Å². The Labute approximate surface area is 156 Å². The van der Waals surface area contributed by atoms with E-state index in [1.165, 1.54) is 36.4 Å². The zero-order chi connectivity index (χ0) is 19.9. The number of anilines is 1. The number of carbonyl (C=O) groups excluding carboxylic acids is 2. The summed E-state index contributed by atoms with van der Waals surface area (Å²) in [6.45, 7) is 5.05. The van der Waals surface area contributed by atoms with Crippen molar-refractivity contribution in [1.82, 2.24) is 0 Å². The van der Waals surface area contributed by atoms with Crippen LogP contribution in [0.15, 0.2) is 59.9 Å². The molecule has 0 aromatic heterocycles. The number of benzene rings is 2. The van der Waals surface area contributed by atoms with Crippen LogP contribution in [-0.2, 0) is 9.59 Å². The highest BCUT2D eigenvalue weighted by molar-refractivity contribution is 6.17. The number of aliphatic hydroxyl groups excluding tert-OH is 1. The fourth-order valence-corrected chi connectivity index (χ4v) is 3.12. The number of phenolic OH excluding ortho intramolecular Hbond substituents is 1. The molecule has 1 atom stereocenters. The summed E-state index contributed by atoms with van der Waals surface area (Å²) in [6, 6.07) is 10.5. The van der Waals surface area contributed by atoms with Crippen LogP contribution >= 0.6 is 0 Å². The minimum Gasteiger partial charge on any atom is -0.506 e. The molecule has 5 nitrogen and oxygen atoms in total. The predicted molar refractivity (Wildman–Crippen MR) is 98.9 cm³/mol. The average Bonchev–Trinajstić information content (AvgIpc) is 2.86. The minimum absolute atomic E-state index is 0.0673. The highest BCUT2D eigenvalue weighted by Crippen LogP contribution is 2.45. The van der Waals surface area contributed by atoms with E-state index in [4.69, 9.17) is 0 Å². The maximum atomic E-state index is 13.4. The van der Waals surface area contributed by atoms with Gasteiger partial charge in [-0.2, -0.15) is 0 Å². The zero-order valence-corrected chi connectivity index (χ0v) is 15.2. The lowest BCUT2D eigenvalue weighted by Gasteiger charge is -2.29. The Bertz CT molecular complexity index is 941. The first-order chi connectivity index (χ1) is 12.6. The number of hydrogen-bond acceptors (Lipinski definition) is 4. The summed E-state index contributed by atoms with van der Waals surface area (Å²) in [5.74, 6) is -2.49. The van der Waals surface area contributed by atoms with Gasteiger partial charge in [0.05, 0.1) is 17.3 Å². The number of hydrogen-bond donors (Lipinski definition) is 2. The van der Waals surface area contributed by atoms with Gasteiger partial charge < -0.3 is 10.2 Å². The molecular weight excluding hydrogens is 349 g/mol. The second kappa shape index (κ2) is 6.54. The number of ketones is 1. The predicted octanol–water partition coefficient (Wildman–Crippen LogP) is 4.05. The van der Waals surface area contributed by atoms with Gasteiger partial charge in [-0.05, 0) is 29.8 Å². The van der Waals surface area contributed by atoms with Gasteiger partial charge in [0.25, 0.3) is 5.91 Å². The summed E-state index contributed by atoms with van der Waals surface area (Å²) >= 11 is 0. The van der Waals surface area contributed by atoms with E-state index >= 15 is 0 Å². The van der Waals surface area contributed by atoms with Crippen LogP contribution in [0.4, 0.5) is 10.1 Å². The molecular formula is C21H20FNO4. The maximum Gasteiger partial charge on any atom is 0.294 e. The fourth-order valence-electron chi connectivity index (χ4n) is 3.12. The van der Waals surface area contributed by atoms with Crippen LogP contribution in [0.1, 0.15) is 32.4 Å². The number of aliphatic hydroxyl groups is 1. The third-order valence-corrected chi connectivity index (χ3v) is 4.46. The molecule has 0 aliphatic carbocycles. The summed E-state index contributed by atoms with van der Waals surface area (Å²) in [4.78, 5) is 27.0. The lowest BCUT2D eigenvalue weighted by Crippen LogP contribution is -2.32. The number of nitrogens with zero attached hydrogens (tertiary/aromatic N) is 1. The van der Waals surface area contributed by atoms with Crippen LogP contribution < -0.4 is 4.90 Å². The highest BCUT2D eigenvalue weighted by Gasteiger charge is 2.47. The van der Waals surface area contributed by atoms with Crippen molar-refractivity contribution >= 4 is 17.4 Å². The van der Waals surface area contributed by atoms with Gasteiger partial charge in [-0.15, -0.1) is 0 Å². The third kappa shape index (κ3) is 3.18. The van der Waals surface area contributed by atoms with Crippen molar-refractivity contribution < 1.29 is 24.2 Å². The van der Waals surface area contributed by atoms with Crippen LogP contribution in [0.2, 0.25) is 0 Å². The van der Waals surface area contributed by atoms with Crippen LogP contribution in [0.25, 0.3) is 0 Å². The number of halogens is 1. The number of Topliss-reactive ketones (excluding diaryl/α,β-unsaturated/α-hetero) is 1. The first-order valence-electron chi connectivity index (χ1n) is 8.48. The minimum atomic E-state index is -0.974. The molecule has 1 heterocycles. The number of aromatic hydroxyl groups is 1. The normalized spacial score (nSPS) is 17.6. The number of rotatable bonds is 3. The molecule has 0 saturated heterocycles. The average molecular weight is 369 g/mol. The molecule has 0 fully saturated rings. The number of phenols is 1. The number of carbonyl (C=O) groups is 2. The van der Waals surface area contributed by atoms with E-state index in [1.54, 1.807) is 32.9 Å². The van der Waals surface area contributed by atoms with E-state index in [-0.39, 0.29) is 17.0 Å². The molecule has 27 heavy (non-hydrogen) atoms. The van der Waals surface area contributed by atoms with E-state index in [9.17, 15) is 24.2 Å². The largest absolute Gasteiger partial charge is 0.506 e. The lowest BCUT2D eigenvalue weighted by atomic mass is 9.82. The van der Waals surface area contributed by atoms with Crippen LogP contribution in [0, 0.1) is 11.2 Å². The van der Waals surface area contributed by atoms with Crippen molar-refractivity contribution in [2.75, 3.05) is 4.90 Å². The Balaban J connectivity index is 2.23. The molecule has 1 aliphatic heterocycles. The molecule has 2 aromatic rings. The van der Waals surface area contributed by atoms with Gasteiger partial charge in [-0.3, -0.25) is 14.5 Å². The molecule has 1 amide bonds. The van der Waals surface area contributed by atoms with Gasteiger partial charge in [0.1, 0.15) is 11.6 Å². The molecule has 0 radical (unpaired) electrons. The van der Waals surface area contributed by atoms with E-state index in [2.05, 4.69) is 0 Å². The molecule has 3 rings (SSSR count). The molecule has 0 saturated carbocycles. The topological polar surface area (TPSA) is 77.8 Å². The van der Waals surface area contributed by atoms with Crippen molar-refractivity contribution in [2.45, 2.75) is 26.8 Å². The quantitative estimate of drug-likeness (QED) is 0.856. The third-order valence-electron chi connectivity index (χ3n) is 4.46. The van der Waals surface area contributed by atoms with Crippen molar-refractivity contribution in [3.05, 3.63) is 71.2 Å². The second-order valence-corrected chi connectivity index (χ2v) is 7.46. The van der Waals surface area contributed by atoms with Crippen molar-refractivity contribution in [3.8, 4) is 5.75 Å². The summed E-state index contributed by atoms with van der Waals surface area (Å²) in [5, 5.41) is 20.7. The van der Waals surface area contributed by atoms with Crippen LogP contribution in [0.5, 0.6) is 5.75 Å². The van der Waals surface area contributed by atoms with E-state index in [1.807, 2.05) is 0 Å². The van der Waals surface area contributed by atoms with Crippen LogP contribution in [-0.4, -0.2) is 21.9 Å². The van der Waals surface area contributed by atoms with Gasteiger partial charge in [-0.1, -0.05) is 45.0 Å². The van der Waals surface area contributed by atoms with Gasteiger partial charge in [0.15, 0.2) is 11.5 Å². The maximum absolute atomic E-state index is 13.4. The van der Waals surface area contributed by atoms with E-state index in [0.717, 1.165) is 4.90 Å². The molecule has 0 bridgehead atoms. The Kier molecular flexibility index (Phi) is 4.51. The van der Waals surface area contributed by atoms with Gasteiger partial charge >= 0.3 is 0 Å². The first-order valence-corrected chi connectivity index (χ1v) is 8.48. The van der Waals surface area contributed by atoms with Crippen molar-refractivity contribution in [1.29, 1.82) is 0 Å². The standard InChI is InChI=1S/C21H20FNO4/c1-21(2,3)19(26)16-17(12-8-10-13(22)11-9-12)23(20(27)18(16)25)14-6-4-5-7-15(14)24/h4-11,17,24-25H,1-3H3. The van der Waals surface area contributed by atoms with E-state index < -0.39 is 34.7 Å². The zero-order valence-electron chi connectivity index (χ0n) is 15.2. The highest BCUT2D eigenvalue weighted by atomic mass is 19.1. The van der Waals surface area contributed by atoms with E-state index in [0.29, 0.717) is 5.56 Å². The molecule has 1 aliphatic rings. The molecule has 6 heteroatoms. The Morgan fingerprint density at radius 1 is 1.04 bits per heavy atom. The monoisotopic (exact) mass is 369 g/mol. The molecule has 1 unspecified atom stereocenters. The SMILES string of the molecule is CC(C)(C)C(=O)C1=C(O)C(=O)N(c2ccccc2O)C1c1ccc(F)cc1. The molecule has 140 valence electrons. The van der Waals surface area contributed by atoms with Crippen molar-refractivity contribution in [2.24, 2.45) is 5.41 Å². The lowest BCUT2D eigenvalue weighted by molar-refractivity contribution is -0.123. The fraction of sp³-hybridized carbons (Fsp3) is 0.238. The Morgan fingerprint density at radius 3 is 2.19 bits per heavy atom. The summed E-state index contributed by atoms with van der Waals surface area (Å²) in [7, 11) is 0. The molecule has 0 spiro atoms. The number of amides is 1. The smallest absolute Gasteiger partial charge is 0.294 e. The number of para-hydroxylation sites is 2. The summed E-state index contributed by atoms with van der Waals surface area (Å²) in [5.41, 5.74) is -0.316. The Hall–Kier alpha value is -3.15. The summed E-state index contributed by atoms with van der Waals surface area (Å²) in [6.07, 6.45) is 0. The van der Waals surface area contributed by atoms with Gasteiger partial charge in [0, 0.05) is 5.41 Å². The molecule has 2 aromatic carbocycles. The first kappa shape index (κ1) is 18.6. The van der Waals surface area contributed by atoms with Gasteiger partial charge in [0.2, 0.25) is 0 Å². The second-order valence-electron chi connectivity index (χ2n) is 7.46. The Morgan fingerprint density at radius 2 is 1.63 bits per heavy atom. The van der Waals surface area contributed by atoms with Crippen LogP contribution in [0.3, 0.4) is 0 Å².